The fourth-order valence-electron chi connectivity index (χ4n) is 3.48. The third kappa shape index (κ3) is 5.52. The van der Waals surface area contributed by atoms with Crippen molar-refractivity contribution in [2.75, 3.05) is 10.6 Å². The smallest absolute Gasteiger partial charge is 0.244 e. The highest BCUT2D eigenvalue weighted by atomic mass is 35.5. The van der Waals surface area contributed by atoms with E-state index in [-0.39, 0.29) is 11.9 Å². The molecule has 2 rings (SSSR count). The molecule has 0 bridgehead atoms. The molecule has 0 heterocycles. The number of nitrogens with zero attached hydrogens (tertiary/aromatic N) is 1. The summed E-state index contributed by atoms with van der Waals surface area (Å²) in [6.07, 6.45) is 1.42. The van der Waals surface area contributed by atoms with Gasteiger partial charge in [-0.2, -0.15) is 0 Å². The number of amides is 1. The Morgan fingerprint density at radius 3 is 2.28 bits per heavy atom. The van der Waals surface area contributed by atoms with Gasteiger partial charge < -0.3 is 5.32 Å². The van der Waals surface area contributed by atoms with Crippen molar-refractivity contribution in [3.05, 3.63) is 63.7 Å². The molecule has 29 heavy (non-hydrogen) atoms. The third-order valence-corrected chi connectivity index (χ3v) is 6.58. The fraction of sp³-hybridized carbons (Fsp3) is 0.409. The van der Waals surface area contributed by atoms with Crippen molar-refractivity contribution in [2.45, 2.75) is 53.1 Å². The van der Waals surface area contributed by atoms with Gasteiger partial charge >= 0.3 is 0 Å². The van der Waals surface area contributed by atoms with Gasteiger partial charge in [0.25, 0.3) is 0 Å². The molecule has 0 aliphatic rings. The number of hydrogen-bond acceptors (Lipinski definition) is 3. The molecule has 7 heteroatoms. The molecular weight excluding hydrogens is 408 g/mol. The van der Waals surface area contributed by atoms with Crippen LogP contribution in [0, 0.1) is 20.8 Å². The molecule has 2 aromatic rings. The molecule has 1 amide bonds. The summed E-state index contributed by atoms with van der Waals surface area (Å²) < 4.78 is 26.3. The predicted molar refractivity (Wildman–Crippen MR) is 120 cm³/mol. The number of aryl methyl sites for hydroxylation is 3. The number of halogens is 1. The lowest BCUT2D eigenvalue weighted by Crippen LogP contribution is -2.49. The second-order valence-electron chi connectivity index (χ2n) is 7.51. The molecule has 2 aromatic carbocycles. The molecule has 5 nitrogen and oxygen atoms in total. The first-order valence-corrected chi connectivity index (χ1v) is 11.8. The quantitative estimate of drug-likeness (QED) is 0.684. The summed E-state index contributed by atoms with van der Waals surface area (Å²) in [5.74, 6) is -0.345. The standard InChI is InChI=1S/C22H29ClN2O3S/c1-7-21(22(26)24-17(5)19-11-8-14(2)12-16(19)4)25(29(6,27)28)18-10-9-15(3)20(23)13-18/h8-13,17,21H,7H2,1-6H3,(H,24,26)/t17-,21-/m0/s1. The van der Waals surface area contributed by atoms with Crippen LogP contribution in [0.4, 0.5) is 5.69 Å². The first-order chi connectivity index (χ1) is 13.5. The zero-order valence-electron chi connectivity index (χ0n) is 17.8. The second-order valence-corrected chi connectivity index (χ2v) is 9.77. The molecular formula is C22H29ClN2O3S. The van der Waals surface area contributed by atoms with E-state index in [0.717, 1.165) is 32.8 Å². The van der Waals surface area contributed by atoms with Gasteiger partial charge in [-0.25, -0.2) is 8.42 Å². The van der Waals surface area contributed by atoms with Gasteiger partial charge in [0.2, 0.25) is 15.9 Å². The minimum Gasteiger partial charge on any atom is -0.348 e. The molecule has 0 saturated carbocycles. The van der Waals surface area contributed by atoms with Gasteiger partial charge in [0.15, 0.2) is 0 Å². The van der Waals surface area contributed by atoms with Gasteiger partial charge in [-0.15, -0.1) is 0 Å². The third-order valence-electron chi connectivity index (χ3n) is 4.99. The summed E-state index contributed by atoms with van der Waals surface area (Å²) in [5, 5.41) is 3.43. The van der Waals surface area contributed by atoms with Gasteiger partial charge in [0, 0.05) is 5.02 Å². The van der Waals surface area contributed by atoms with Crippen LogP contribution in [0.15, 0.2) is 36.4 Å². The van der Waals surface area contributed by atoms with E-state index >= 15 is 0 Å². The van der Waals surface area contributed by atoms with E-state index in [4.69, 9.17) is 11.6 Å². The number of carbonyl (C=O) groups excluding carboxylic acids is 1. The monoisotopic (exact) mass is 436 g/mol. The number of benzene rings is 2. The number of carbonyl (C=O) groups is 1. The number of sulfonamides is 1. The van der Waals surface area contributed by atoms with Gasteiger partial charge in [-0.05, 0) is 62.9 Å². The van der Waals surface area contributed by atoms with E-state index in [1.54, 1.807) is 25.1 Å². The van der Waals surface area contributed by atoms with E-state index in [9.17, 15) is 13.2 Å². The average molecular weight is 437 g/mol. The first kappa shape index (κ1) is 23.2. The summed E-state index contributed by atoms with van der Waals surface area (Å²) in [6, 6.07) is 9.93. The van der Waals surface area contributed by atoms with Crippen molar-refractivity contribution in [3.8, 4) is 0 Å². The summed E-state index contributed by atoms with van der Waals surface area (Å²) in [4.78, 5) is 13.1. The molecule has 0 aliphatic carbocycles. The Kier molecular flexibility index (Phi) is 7.35. The molecule has 0 fully saturated rings. The SMILES string of the molecule is CC[C@@H](C(=O)N[C@@H](C)c1ccc(C)cc1C)N(c1ccc(C)c(Cl)c1)S(C)(=O)=O. The Bertz CT molecular complexity index is 1010. The lowest BCUT2D eigenvalue weighted by Gasteiger charge is -2.31. The van der Waals surface area contributed by atoms with E-state index in [1.807, 2.05) is 39.8 Å². The van der Waals surface area contributed by atoms with Crippen molar-refractivity contribution >= 4 is 33.2 Å². The van der Waals surface area contributed by atoms with E-state index in [2.05, 4.69) is 11.4 Å². The zero-order valence-corrected chi connectivity index (χ0v) is 19.4. The molecule has 0 aromatic heterocycles. The van der Waals surface area contributed by atoms with Crippen LogP contribution in [0.1, 0.15) is 48.6 Å². The topological polar surface area (TPSA) is 66.5 Å². The summed E-state index contributed by atoms with van der Waals surface area (Å²) in [7, 11) is -3.70. The maximum Gasteiger partial charge on any atom is 0.244 e. The maximum absolute atomic E-state index is 13.1. The molecule has 0 spiro atoms. The molecule has 1 N–H and O–H groups in total. The van der Waals surface area contributed by atoms with Crippen molar-refractivity contribution in [2.24, 2.45) is 0 Å². The largest absolute Gasteiger partial charge is 0.348 e. The molecule has 0 aliphatic heterocycles. The number of nitrogens with one attached hydrogen (secondary N) is 1. The lowest BCUT2D eigenvalue weighted by atomic mass is 10.00. The second kappa shape index (κ2) is 9.18. The van der Waals surface area contributed by atoms with Crippen molar-refractivity contribution in [1.29, 1.82) is 0 Å². The van der Waals surface area contributed by atoms with Crippen LogP contribution in [-0.2, 0) is 14.8 Å². The Labute approximate surface area is 179 Å². The highest BCUT2D eigenvalue weighted by molar-refractivity contribution is 7.92. The minimum absolute atomic E-state index is 0.250. The van der Waals surface area contributed by atoms with E-state index in [0.29, 0.717) is 17.1 Å². The summed E-state index contributed by atoms with van der Waals surface area (Å²) in [5.41, 5.74) is 4.45. The van der Waals surface area contributed by atoms with Gasteiger partial charge in [0.1, 0.15) is 6.04 Å². The van der Waals surface area contributed by atoms with Crippen LogP contribution in [-0.4, -0.2) is 26.6 Å². The summed E-state index contributed by atoms with van der Waals surface area (Å²) >= 11 is 6.21. The van der Waals surface area contributed by atoms with Crippen molar-refractivity contribution in [1.82, 2.24) is 5.32 Å². The van der Waals surface area contributed by atoms with Crippen molar-refractivity contribution in [3.63, 3.8) is 0 Å². The molecule has 2 atom stereocenters. The van der Waals surface area contributed by atoms with Crippen LogP contribution < -0.4 is 9.62 Å². The predicted octanol–water partition coefficient (Wildman–Crippen LogP) is 4.69. The van der Waals surface area contributed by atoms with Crippen LogP contribution in [0.25, 0.3) is 0 Å². The fourth-order valence-corrected chi connectivity index (χ4v) is 4.86. The average Bonchev–Trinajstić information content (AvgIpc) is 2.60. The lowest BCUT2D eigenvalue weighted by molar-refractivity contribution is -0.122. The zero-order chi connectivity index (χ0) is 21.9. The van der Waals surface area contributed by atoms with Crippen LogP contribution >= 0.6 is 11.6 Å². The van der Waals surface area contributed by atoms with Crippen LogP contribution in [0.2, 0.25) is 5.02 Å². The first-order valence-electron chi connectivity index (χ1n) is 9.58. The Hall–Kier alpha value is -2.05. The highest BCUT2D eigenvalue weighted by Gasteiger charge is 2.32. The highest BCUT2D eigenvalue weighted by Crippen LogP contribution is 2.28. The van der Waals surface area contributed by atoms with Gasteiger partial charge in [0.05, 0.1) is 18.0 Å². The minimum atomic E-state index is -3.70. The van der Waals surface area contributed by atoms with E-state index < -0.39 is 16.1 Å². The Morgan fingerprint density at radius 1 is 1.10 bits per heavy atom. The van der Waals surface area contributed by atoms with Gasteiger partial charge in [-0.1, -0.05) is 48.4 Å². The normalized spacial score (nSPS) is 13.6. The van der Waals surface area contributed by atoms with E-state index in [1.165, 1.54) is 0 Å². The van der Waals surface area contributed by atoms with Crippen LogP contribution in [0.5, 0.6) is 0 Å². The number of anilines is 1. The Morgan fingerprint density at radius 2 is 1.76 bits per heavy atom. The number of rotatable bonds is 7. The summed E-state index contributed by atoms with van der Waals surface area (Å²) in [6.45, 7) is 9.55. The van der Waals surface area contributed by atoms with Crippen LogP contribution in [0.3, 0.4) is 0 Å². The van der Waals surface area contributed by atoms with Crippen molar-refractivity contribution < 1.29 is 13.2 Å². The molecule has 0 radical (unpaired) electrons. The van der Waals surface area contributed by atoms with Gasteiger partial charge in [-0.3, -0.25) is 9.10 Å². The number of hydrogen-bond donors (Lipinski definition) is 1. The molecule has 158 valence electrons. The Balaban J connectivity index is 2.36. The maximum atomic E-state index is 13.1. The molecule has 0 unspecified atom stereocenters. The molecule has 0 saturated heterocycles.